The van der Waals surface area contributed by atoms with Gasteiger partial charge in [0.2, 0.25) is 0 Å². The van der Waals surface area contributed by atoms with Crippen LogP contribution in [0.3, 0.4) is 0 Å². The number of ketones is 1. The third kappa shape index (κ3) is 6.93. The smallest absolute Gasteiger partial charge is 0.149 e. The van der Waals surface area contributed by atoms with Gasteiger partial charge in [0.25, 0.3) is 0 Å². The zero-order valence-electron chi connectivity index (χ0n) is 9.99. The van der Waals surface area contributed by atoms with E-state index in [9.17, 15) is 4.79 Å². The van der Waals surface area contributed by atoms with Crippen LogP contribution in [0.25, 0.3) is 0 Å². The fourth-order valence-electron chi connectivity index (χ4n) is 1.52. The Morgan fingerprint density at radius 1 is 1.47 bits per heavy atom. The second kappa shape index (κ2) is 8.13. The van der Waals surface area contributed by atoms with Gasteiger partial charge in [-0.05, 0) is 19.4 Å². The lowest BCUT2D eigenvalue weighted by molar-refractivity contribution is -0.121. The molecule has 0 saturated carbocycles. The van der Waals surface area contributed by atoms with E-state index < -0.39 is 0 Å². The number of thiol groups is 1. The second-order valence-electron chi connectivity index (χ2n) is 4.16. The number of nitrogens with two attached hydrogens (primary N) is 1. The van der Waals surface area contributed by atoms with E-state index in [1.54, 1.807) is 0 Å². The summed E-state index contributed by atoms with van der Waals surface area (Å²) >= 11 is 4.43. The van der Waals surface area contributed by atoms with Crippen molar-refractivity contribution in [1.82, 2.24) is 5.32 Å². The topological polar surface area (TPSA) is 55.1 Å². The first-order chi connectivity index (χ1) is 7.01. The molecule has 3 N–H and O–H groups in total. The summed E-state index contributed by atoms with van der Waals surface area (Å²) in [6, 6.07) is 0.257. The molecule has 0 fully saturated rings. The lowest BCUT2D eigenvalue weighted by Gasteiger charge is -2.22. The van der Waals surface area contributed by atoms with Crippen molar-refractivity contribution in [3.8, 4) is 0 Å². The molecule has 0 aromatic rings. The summed E-state index contributed by atoms with van der Waals surface area (Å²) in [5.41, 5.74) is 5.46. The van der Waals surface area contributed by atoms with E-state index in [-0.39, 0.29) is 17.1 Å². The summed E-state index contributed by atoms with van der Waals surface area (Å²) in [4.78, 5) is 11.7. The van der Waals surface area contributed by atoms with Gasteiger partial charge in [0.15, 0.2) is 0 Å². The number of rotatable bonds is 8. The van der Waals surface area contributed by atoms with Gasteiger partial charge in [0.1, 0.15) is 5.78 Å². The largest absolute Gasteiger partial charge is 0.330 e. The monoisotopic (exact) mass is 232 g/mol. The van der Waals surface area contributed by atoms with Crippen molar-refractivity contribution < 1.29 is 4.79 Å². The van der Waals surface area contributed by atoms with Gasteiger partial charge in [0.05, 0.1) is 6.04 Å². The molecule has 0 aliphatic heterocycles. The zero-order chi connectivity index (χ0) is 11.8. The quantitative estimate of drug-likeness (QED) is 0.554. The maximum atomic E-state index is 11.7. The fourth-order valence-corrected chi connectivity index (χ4v) is 1.88. The van der Waals surface area contributed by atoms with Crippen molar-refractivity contribution >= 4 is 18.4 Å². The van der Waals surface area contributed by atoms with Crippen LogP contribution in [0.1, 0.15) is 40.0 Å². The maximum absolute atomic E-state index is 11.7. The van der Waals surface area contributed by atoms with Crippen molar-refractivity contribution in [2.24, 2.45) is 5.73 Å². The molecule has 0 rings (SSSR count). The van der Waals surface area contributed by atoms with Gasteiger partial charge >= 0.3 is 0 Å². The molecule has 0 aromatic heterocycles. The van der Waals surface area contributed by atoms with E-state index in [1.807, 2.05) is 20.8 Å². The molecule has 0 radical (unpaired) electrons. The molecular formula is C11H24N2OS. The van der Waals surface area contributed by atoms with Crippen LogP contribution in [0.15, 0.2) is 0 Å². The second-order valence-corrected chi connectivity index (χ2v) is 4.89. The van der Waals surface area contributed by atoms with Crippen molar-refractivity contribution in [3.05, 3.63) is 0 Å². The minimum Gasteiger partial charge on any atom is -0.330 e. The first kappa shape index (κ1) is 14.9. The number of hydrogen-bond acceptors (Lipinski definition) is 4. The van der Waals surface area contributed by atoms with E-state index in [0.29, 0.717) is 19.0 Å². The van der Waals surface area contributed by atoms with Crippen LogP contribution in [-0.4, -0.2) is 29.7 Å². The first-order valence-corrected chi connectivity index (χ1v) is 6.19. The third-order valence-electron chi connectivity index (χ3n) is 2.28. The molecule has 3 nitrogen and oxygen atoms in total. The predicted molar refractivity (Wildman–Crippen MR) is 68.4 cm³/mol. The number of hydrogen-bond donors (Lipinski definition) is 3. The Hall–Kier alpha value is -0.0600. The first-order valence-electron chi connectivity index (χ1n) is 5.68. The van der Waals surface area contributed by atoms with Gasteiger partial charge in [-0.1, -0.05) is 20.8 Å². The van der Waals surface area contributed by atoms with E-state index >= 15 is 0 Å². The third-order valence-corrected chi connectivity index (χ3v) is 2.75. The highest BCUT2D eigenvalue weighted by atomic mass is 32.1. The Kier molecular flexibility index (Phi) is 8.10. The molecule has 0 aromatic carbocycles. The summed E-state index contributed by atoms with van der Waals surface area (Å²) in [7, 11) is 0. The molecule has 2 atom stereocenters. The SMILES string of the molecule is CCC(=O)C(CC(S)CCN)NC(C)C. The number of Topliss-reactive ketones (excluding diaryl/α,β-unsaturated/α-hetero) is 1. The summed E-state index contributed by atoms with van der Waals surface area (Å²) in [6.45, 7) is 6.62. The molecule has 0 saturated heterocycles. The summed E-state index contributed by atoms with van der Waals surface area (Å²) < 4.78 is 0. The normalized spacial score (nSPS) is 15.3. The van der Waals surface area contributed by atoms with Gasteiger partial charge in [-0.3, -0.25) is 4.79 Å². The van der Waals surface area contributed by atoms with Crippen LogP contribution in [0, 0.1) is 0 Å². The Balaban J connectivity index is 4.17. The summed E-state index contributed by atoms with van der Waals surface area (Å²) in [5, 5.41) is 3.49. The van der Waals surface area contributed by atoms with Gasteiger partial charge in [0, 0.05) is 17.7 Å². The minimum absolute atomic E-state index is 0.0657. The van der Waals surface area contributed by atoms with Crippen molar-refractivity contribution in [2.45, 2.75) is 57.4 Å². The van der Waals surface area contributed by atoms with Crippen LogP contribution in [0.4, 0.5) is 0 Å². The van der Waals surface area contributed by atoms with Gasteiger partial charge in [-0.15, -0.1) is 0 Å². The Labute approximate surface area is 98.6 Å². The lowest BCUT2D eigenvalue weighted by atomic mass is 10.0. The van der Waals surface area contributed by atoms with Crippen molar-refractivity contribution in [2.75, 3.05) is 6.54 Å². The van der Waals surface area contributed by atoms with Crippen LogP contribution >= 0.6 is 12.6 Å². The Morgan fingerprint density at radius 2 is 2.07 bits per heavy atom. The Morgan fingerprint density at radius 3 is 2.47 bits per heavy atom. The van der Waals surface area contributed by atoms with Crippen LogP contribution < -0.4 is 11.1 Å². The molecule has 0 amide bonds. The highest BCUT2D eigenvalue weighted by molar-refractivity contribution is 7.80. The van der Waals surface area contributed by atoms with Gasteiger partial charge < -0.3 is 11.1 Å². The van der Waals surface area contributed by atoms with Crippen molar-refractivity contribution in [1.29, 1.82) is 0 Å². The predicted octanol–water partition coefficient (Wildman–Crippen LogP) is 1.37. The molecule has 0 bridgehead atoms. The molecule has 15 heavy (non-hydrogen) atoms. The zero-order valence-corrected chi connectivity index (χ0v) is 10.9. The van der Waals surface area contributed by atoms with E-state index in [2.05, 4.69) is 17.9 Å². The number of carbonyl (C=O) groups excluding carboxylic acids is 1. The molecule has 0 heterocycles. The lowest BCUT2D eigenvalue weighted by Crippen LogP contribution is -2.42. The number of nitrogens with one attached hydrogen (secondary N) is 1. The fraction of sp³-hybridized carbons (Fsp3) is 0.909. The maximum Gasteiger partial charge on any atom is 0.149 e. The molecule has 4 heteroatoms. The van der Waals surface area contributed by atoms with Crippen LogP contribution in [0.5, 0.6) is 0 Å². The molecule has 90 valence electrons. The Bertz CT molecular complexity index is 185. The van der Waals surface area contributed by atoms with Gasteiger partial charge in [-0.2, -0.15) is 12.6 Å². The molecular weight excluding hydrogens is 208 g/mol. The highest BCUT2D eigenvalue weighted by Crippen LogP contribution is 2.11. The summed E-state index contributed by atoms with van der Waals surface area (Å²) in [5.74, 6) is 0.264. The highest BCUT2D eigenvalue weighted by Gasteiger charge is 2.20. The minimum atomic E-state index is -0.0657. The average molecular weight is 232 g/mol. The number of carbonyl (C=O) groups is 1. The molecule has 0 aliphatic rings. The molecule has 2 unspecified atom stereocenters. The van der Waals surface area contributed by atoms with Crippen LogP contribution in [0.2, 0.25) is 0 Å². The van der Waals surface area contributed by atoms with Crippen molar-refractivity contribution in [3.63, 3.8) is 0 Å². The molecule has 0 spiro atoms. The van der Waals surface area contributed by atoms with Crippen LogP contribution in [-0.2, 0) is 4.79 Å². The standard InChI is InChI=1S/C11H24N2OS/c1-4-11(14)10(13-8(2)3)7-9(15)5-6-12/h8-10,13,15H,4-7,12H2,1-3H3. The van der Waals surface area contributed by atoms with E-state index in [0.717, 1.165) is 12.8 Å². The molecule has 0 aliphatic carbocycles. The van der Waals surface area contributed by atoms with E-state index in [1.165, 1.54) is 0 Å². The average Bonchev–Trinajstić information content (AvgIpc) is 2.15. The van der Waals surface area contributed by atoms with Gasteiger partial charge in [-0.25, -0.2) is 0 Å². The summed E-state index contributed by atoms with van der Waals surface area (Å²) in [6.07, 6.45) is 2.20. The van der Waals surface area contributed by atoms with E-state index in [4.69, 9.17) is 5.73 Å².